The number of hydrogen-bond acceptors (Lipinski definition) is 3. The molecule has 0 bridgehead atoms. The smallest absolute Gasteiger partial charge is 0.165 e. The summed E-state index contributed by atoms with van der Waals surface area (Å²) in [4.78, 5) is 0. The van der Waals surface area contributed by atoms with Crippen LogP contribution in [0.4, 0.5) is 4.39 Å². The van der Waals surface area contributed by atoms with Gasteiger partial charge in [-0.2, -0.15) is 0 Å². The number of halogens is 1. The second-order valence-electron chi connectivity index (χ2n) is 4.78. The Kier molecular flexibility index (Phi) is 5.85. The minimum Gasteiger partial charge on any atom is -0.490 e. The van der Waals surface area contributed by atoms with Crippen LogP contribution in [0, 0.1) is 17.7 Å². The fraction of sp³-hybridized carbons (Fsp3) is 0.500. The molecule has 0 spiro atoms. The normalized spacial score (nSPS) is 17.6. The largest absolute Gasteiger partial charge is 0.490 e. The standard InChI is InChI=1S/C16H20FNO2/c17-15-8-7-13(4-1-9-18)12-16(15)20-11-3-6-14-5-2-10-19-14/h7-8,12,14H,2-3,5-6,9-11,18H2. The van der Waals surface area contributed by atoms with E-state index >= 15 is 0 Å². The van der Waals surface area contributed by atoms with E-state index in [0.717, 1.165) is 32.3 Å². The third kappa shape index (κ3) is 4.52. The zero-order valence-electron chi connectivity index (χ0n) is 11.5. The van der Waals surface area contributed by atoms with Gasteiger partial charge in [-0.05, 0) is 43.9 Å². The Morgan fingerprint density at radius 1 is 1.45 bits per heavy atom. The van der Waals surface area contributed by atoms with Crippen LogP contribution in [0.25, 0.3) is 0 Å². The third-order valence-electron chi connectivity index (χ3n) is 3.22. The summed E-state index contributed by atoms with van der Waals surface area (Å²) < 4.78 is 24.6. The highest BCUT2D eigenvalue weighted by atomic mass is 19.1. The van der Waals surface area contributed by atoms with Crippen molar-refractivity contribution in [2.45, 2.75) is 31.8 Å². The fourth-order valence-electron chi connectivity index (χ4n) is 2.21. The summed E-state index contributed by atoms with van der Waals surface area (Å²) in [7, 11) is 0. The van der Waals surface area contributed by atoms with E-state index in [1.807, 2.05) is 0 Å². The molecule has 20 heavy (non-hydrogen) atoms. The van der Waals surface area contributed by atoms with Gasteiger partial charge in [-0.3, -0.25) is 0 Å². The molecule has 4 heteroatoms. The molecule has 2 rings (SSSR count). The zero-order valence-corrected chi connectivity index (χ0v) is 11.5. The van der Waals surface area contributed by atoms with Crippen LogP contribution in [0.15, 0.2) is 18.2 Å². The predicted octanol–water partition coefficient (Wildman–Crippen LogP) is 2.47. The predicted molar refractivity (Wildman–Crippen MR) is 76.0 cm³/mol. The van der Waals surface area contributed by atoms with Gasteiger partial charge in [0.2, 0.25) is 0 Å². The summed E-state index contributed by atoms with van der Waals surface area (Å²) in [6.07, 6.45) is 4.45. The number of benzene rings is 1. The zero-order chi connectivity index (χ0) is 14.2. The molecule has 0 aromatic heterocycles. The molecule has 1 unspecified atom stereocenters. The monoisotopic (exact) mass is 277 g/mol. The Morgan fingerprint density at radius 2 is 2.35 bits per heavy atom. The van der Waals surface area contributed by atoms with Crippen LogP contribution in [0.2, 0.25) is 0 Å². The van der Waals surface area contributed by atoms with Crippen molar-refractivity contribution < 1.29 is 13.9 Å². The van der Waals surface area contributed by atoms with Crippen molar-refractivity contribution in [2.24, 2.45) is 5.73 Å². The SMILES string of the molecule is NCC#Cc1ccc(F)c(OCCCC2CCCO2)c1. The van der Waals surface area contributed by atoms with E-state index in [0.29, 0.717) is 18.3 Å². The molecule has 0 radical (unpaired) electrons. The maximum Gasteiger partial charge on any atom is 0.165 e. The van der Waals surface area contributed by atoms with Gasteiger partial charge in [0.15, 0.2) is 11.6 Å². The Labute approximate surface area is 119 Å². The molecule has 2 N–H and O–H groups in total. The van der Waals surface area contributed by atoms with E-state index in [2.05, 4.69) is 11.8 Å². The molecule has 3 nitrogen and oxygen atoms in total. The van der Waals surface area contributed by atoms with Crippen LogP contribution in [-0.2, 0) is 4.74 Å². The summed E-state index contributed by atoms with van der Waals surface area (Å²) in [6.45, 7) is 1.64. The second kappa shape index (κ2) is 7.88. The average Bonchev–Trinajstić information content (AvgIpc) is 2.97. The number of rotatable bonds is 5. The fourth-order valence-corrected chi connectivity index (χ4v) is 2.21. The van der Waals surface area contributed by atoms with Gasteiger partial charge >= 0.3 is 0 Å². The van der Waals surface area contributed by atoms with E-state index in [1.165, 1.54) is 6.07 Å². The van der Waals surface area contributed by atoms with Crippen molar-refractivity contribution >= 4 is 0 Å². The van der Waals surface area contributed by atoms with Gasteiger partial charge in [-0.25, -0.2) is 4.39 Å². The minimum atomic E-state index is -0.361. The molecule has 0 amide bonds. The molecular formula is C16H20FNO2. The van der Waals surface area contributed by atoms with E-state index in [1.54, 1.807) is 12.1 Å². The Balaban J connectivity index is 1.81. The van der Waals surface area contributed by atoms with Gasteiger partial charge in [-0.15, -0.1) is 0 Å². The second-order valence-corrected chi connectivity index (χ2v) is 4.78. The molecule has 1 saturated heterocycles. The molecular weight excluding hydrogens is 257 g/mol. The summed E-state index contributed by atoms with van der Waals surface area (Å²) in [6, 6.07) is 4.61. The molecule has 0 saturated carbocycles. The van der Waals surface area contributed by atoms with Crippen LogP contribution in [0.5, 0.6) is 5.75 Å². The molecule has 1 aliphatic heterocycles. The van der Waals surface area contributed by atoms with Gasteiger partial charge in [0, 0.05) is 12.2 Å². The number of hydrogen-bond donors (Lipinski definition) is 1. The summed E-state index contributed by atoms with van der Waals surface area (Å²) in [5.74, 6) is 5.49. The van der Waals surface area contributed by atoms with E-state index in [-0.39, 0.29) is 18.1 Å². The Hall–Kier alpha value is -1.57. The lowest BCUT2D eigenvalue weighted by atomic mass is 10.1. The molecule has 1 heterocycles. The summed E-state index contributed by atoms with van der Waals surface area (Å²) in [5, 5.41) is 0. The summed E-state index contributed by atoms with van der Waals surface area (Å²) in [5.41, 5.74) is 6.03. The lowest BCUT2D eigenvalue weighted by Gasteiger charge is -2.10. The lowest BCUT2D eigenvalue weighted by Crippen LogP contribution is -2.08. The van der Waals surface area contributed by atoms with E-state index in [4.69, 9.17) is 15.2 Å². The highest BCUT2D eigenvalue weighted by Gasteiger charge is 2.14. The first-order chi connectivity index (χ1) is 9.79. The van der Waals surface area contributed by atoms with Crippen molar-refractivity contribution in [2.75, 3.05) is 19.8 Å². The first kappa shape index (κ1) is 14.8. The molecule has 1 aromatic rings. The maximum atomic E-state index is 13.6. The topological polar surface area (TPSA) is 44.5 Å². The Bertz CT molecular complexity index is 487. The number of nitrogens with two attached hydrogens (primary N) is 1. The number of ether oxygens (including phenoxy) is 2. The van der Waals surface area contributed by atoms with Gasteiger partial charge in [0.25, 0.3) is 0 Å². The average molecular weight is 277 g/mol. The molecule has 1 aliphatic rings. The van der Waals surface area contributed by atoms with Crippen molar-refractivity contribution in [3.05, 3.63) is 29.6 Å². The third-order valence-corrected chi connectivity index (χ3v) is 3.22. The van der Waals surface area contributed by atoms with Gasteiger partial charge < -0.3 is 15.2 Å². The maximum absolute atomic E-state index is 13.6. The Morgan fingerprint density at radius 3 is 3.10 bits per heavy atom. The van der Waals surface area contributed by atoms with Crippen LogP contribution < -0.4 is 10.5 Å². The quantitative estimate of drug-likeness (QED) is 0.664. The lowest BCUT2D eigenvalue weighted by molar-refractivity contribution is 0.0979. The summed E-state index contributed by atoms with van der Waals surface area (Å²) >= 11 is 0. The van der Waals surface area contributed by atoms with Crippen molar-refractivity contribution in [1.82, 2.24) is 0 Å². The first-order valence-electron chi connectivity index (χ1n) is 7.02. The van der Waals surface area contributed by atoms with Crippen LogP contribution in [0.1, 0.15) is 31.2 Å². The van der Waals surface area contributed by atoms with Crippen molar-refractivity contribution in [3.63, 3.8) is 0 Å². The van der Waals surface area contributed by atoms with E-state index in [9.17, 15) is 4.39 Å². The van der Waals surface area contributed by atoms with Gasteiger partial charge in [0.05, 0.1) is 19.3 Å². The van der Waals surface area contributed by atoms with Gasteiger partial charge in [-0.1, -0.05) is 11.8 Å². The molecule has 1 atom stereocenters. The minimum absolute atomic E-state index is 0.251. The molecule has 1 aromatic carbocycles. The highest BCUT2D eigenvalue weighted by molar-refractivity contribution is 5.40. The molecule has 0 aliphatic carbocycles. The molecule has 1 fully saturated rings. The van der Waals surface area contributed by atoms with Crippen LogP contribution in [-0.4, -0.2) is 25.9 Å². The van der Waals surface area contributed by atoms with Crippen LogP contribution >= 0.6 is 0 Å². The van der Waals surface area contributed by atoms with Gasteiger partial charge in [0.1, 0.15) is 0 Å². The van der Waals surface area contributed by atoms with E-state index < -0.39 is 0 Å². The first-order valence-corrected chi connectivity index (χ1v) is 7.02. The molecule has 108 valence electrons. The van der Waals surface area contributed by atoms with Crippen molar-refractivity contribution in [3.8, 4) is 17.6 Å². The van der Waals surface area contributed by atoms with Crippen LogP contribution in [0.3, 0.4) is 0 Å². The van der Waals surface area contributed by atoms with Crippen molar-refractivity contribution in [1.29, 1.82) is 0 Å². The highest BCUT2D eigenvalue weighted by Crippen LogP contribution is 2.20.